The van der Waals surface area contributed by atoms with Gasteiger partial charge in [0, 0.05) is 12.1 Å². The number of aromatic hydroxyl groups is 1. The second-order valence-corrected chi connectivity index (χ2v) is 3.13. The number of non-ortho nitro benzene ring substituents is 1. The van der Waals surface area contributed by atoms with Gasteiger partial charge in [-0.2, -0.15) is 0 Å². The zero-order valence-electron chi connectivity index (χ0n) is 8.87. The molecule has 0 aliphatic rings. The van der Waals surface area contributed by atoms with Crippen LogP contribution in [0.3, 0.4) is 0 Å². The number of methoxy groups -OCH3 is 1. The van der Waals surface area contributed by atoms with Crippen LogP contribution in [-0.2, 0) is 9.53 Å². The Morgan fingerprint density at radius 1 is 1.47 bits per heavy atom. The highest BCUT2D eigenvalue weighted by molar-refractivity contribution is 6.07. The fraction of sp³-hybridized carbons (Fsp3) is 0.200. The normalized spacial score (nSPS) is 9.71. The molecule has 90 valence electrons. The summed E-state index contributed by atoms with van der Waals surface area (Å²) < 4.78 is 4.28. The zero-order chi connectivity index (χ0) is 13.0. The number of nitro benzene ring substituents is 1. The third kappa shape index (κ3) is 3.00. The van der Waals surface area contributed by atoms with Gasteiger partial charge in [-0.05, 0) is 6.07 Å². The minimum Gasteiger partial charge on any atom is -0.507 e. The van der Waals surface area contributed by atoms with Gasteiger partial charge in [0.2, 0.25) is 0 Å². The molecule has 0 saturated heterocycles. The van der Waals surface area contributed by atoms with E-state index in [1.807, 2.05) is 0 Å². The van der Waals surface area contributed by atoms with Gasteiger partial charge in [0.05, 0.1) is 17.6 Å². The Bertz CT molecular complexity index is 482. The van der Waals surface area contributed by atoms with Crippen LogP contribution in [-0.4, -0.2) is 28.9 Å². The highest BCUT2D eigenvalue weighted by Gasteiger charge is 2.19. The summed E-state index contributed by atoms with van der Waals surface area (Å²) in [5, 5.41) is 19.9. The van der Waals surface area contributed by atoms with Crippen molar-refractivity contribution >= 4 is 17.4 Å². The molecule has 0 heterocycles. The quantitative estimate of drug-likeness (QED) is 0.276. The van der Waals surface area contributed by atoms with E-state index in [9.17, 15) is 24.8 Å². The molecule has 17 heavy (non-hydrogen) atoms. The van der Waals surface area contributed by atoms with E-state index in [-0.39, 0.29) is 11.3 Å². The van der Waals surface area contributed by atoms with Crippen LogP contribution in [0.15, 0.2) is 18.2 Å². The summed E-state index contributed by atoms with van der Waals surface area (Å²) in [6.45, 7) is 0. The minimum atomic E-state index is -0.777. The van der Waals surface area contributed by atoms with Crippen molar-refractivity contribution in [2.45, 2.75) is 6.42 Å². The summed E-state index contributed by atoms with van der Waals surface area (Å²) in [7, 11) is 1.11. The molecule has 1 aromatic rings. The maximum absolute atomic E-state index is 11.5. The van der Waals surface area contributed by atoms with Crippen LogP contribution in [0, 0.1) is 10.1 Å². The molecule has 0 spiro atoms. The van der Waals surface area contributed by atoms with Gasteiger partial charge in [-0.3, -0.25) is 19.7 Å². The van der Waals surface area contributed by atoms with Gasteiger partial charge >= 0.3 is 5.97 Å². The number of carbonyl (C=O) groups excluding carboxylic acids is 2. The Hall–Kier alpha value is -2.44. The van der Waals surface area contributed by atoms with E-state index in [1.54, 1.807) is 0 Å². The SMILES string of the molecule is COC(=O)CC(=O)c1cc([N+](=O)[O-])ccc1O. The van der Waals surface area contributed by atoms with Gasteiger partial charge in [-0.25, -0.2) is 0 Å². The Kier molecular flexibility index (Phi) is 3.76. The molecule has 0 fully saturated rings. The van der Waals surface area contributed by atoms with Crippen LogP contribution in [0.1, 0.15) is 16.8 Å². The highest BCUT2D eigenvalue weighted by Crippen LogP contribution is 2.24. The van der Waals surface area contributed by atoms with Crippen molar-refractivity contribution in [2.75, 3.05) is 7.11 Å². The molecular weight excluding hydrogens is 230 g/mol. The maximum atomic E-state index is 11.5. The van der Waals surface area contributed by atoms with Gasteiger partial charge < -0.3 is 9.84 Å². The van der Waals surface area contributed by atoms with Gasteiger partial charge in [-0.15, -0.1) is 0 Å². The zero-order valence-corrected chi connectivity index (χ0v) is 8.87. The monoisotopic (exact) mass is 239 g/mol. The Morgan fingerprint density at radius 3 is 2.65 bits per heavy atom. The molecule has 7 heteroatoms. The Morgan fingerprint density at radius 2 is 2.12 bits per heavy atom. The Balaban J connectivity index is 3.04. The summed E-state index contributed by atoms with van der Waals surface area (Å²) >= 11 is 0. The number of phenols is 1. The van der Waals surface area contributed by atoms with Crippen LogP contribution in [0.25, 0.3) is 0 Å². The molecular formula is C10H9NO6. The van der Waals surface area contributed by atoms with Gasteiger partial charge in [0.1, 0.15) is 12.2 Å². The standard InChI is InChI=1S/C10H9NO6/c1-17-10(14)5-9(13)7-4-6(11(15)16)2-3-8(7)12/h2-4,12H,5H2,1H3. The number of hydrogen-bond acceptors (Lipinski definition) is 6. The fourth-order valence-electron chi connectivity index (χ4n) is 1.16. The number of benzene rings is 1. The highest BCUT2D eigenvalue weighted by atomic mass is 16.6. The van der Waals surface area contributed by atoms with Crippen molar-refractivity contribution in [1.29, 1.82) is 0 Å². The first-order valence-corrected chi connectivity index (χ1v) is 4.53. The molecule has 7 nitrogen and oxygen atoms in total. The minimum absolute atomic E-state index is 0.274. The van der Waals surface area contributed by atoms with Crippen LogP contribution in [0.2, 0.25) is 0 Å². The van der Waals surface area contributed by atoms with E-state index in [4.69, 9.17) is 0 Å². The number of carbonyl (C=O) groups is 2. The number of phenolic OH excluding ortho intramolecular Hbond substituents is 1. The van der Waals surface area contributed by atoms with Crippen molar-refractivity contribution in [3.8, 4) is 5.75 Å². The first kappa shape index (κ1) is 12.6. The molecule has 0 radical (unpaired) electrons. The predicted molar refractivity (Wildman–Crippen MR) is 55.7 cm³/mol. The first-order chi connectivity index (χ1) is 7.95. The van der Waals surface area contributed by atoms with Crippen molar-refractivity contribution in [3.63, 3.8) is 0 Å². The number of rotatable bonds is 4. The van der Waals surface area contributed by atoms with Crippen molar-refractivity contribution in [2.24, 2.45) is 0 Å². The molecule has 0 aliphatic carbocycles. The second kappa shape index (κ2) is 5.06. The summed E-state index contributed by atoms with van der Waals surface area (Å²) in [6.07, 6.45) is -0.578. The molecule has 0 aromatic heterocycles. The van der Waals surface area contributed by atoms with Crippen LogP contribution in [0.5, 0.6) is 5.75 Å². The number of esters is 1. The van der Waals surface area contributed by atoms with Gasteiger partial charge in [0.15, 0.2) is 5.78 Å². The molecule has 0 saturated carbocycles. The summed E-state index contributed by atoms with van der Waals surface area (Å²) in [5.74, 6) is -1.93. The van der Waals surface area contributed by atoms with Crippen molar-refractivity contribution in [3.05, 3.63) is 33.9 Å². The lowest BCUT2D eigenvalue weighted by atomic mass is 10.1. The summed E-state index contributed by atoms with van der Waals surface area (Å²) in [5.41, 5.74) is -0.611. The van der Waals surface area contributed by atoms with Crippen molar-refractivity contribution < 1.29 is 24.4 Å². The van der Waals surface area contributed by atoms with E-state index in [1.165, 1.54) is 0 Å². The molecule has 0 atom stereocenters. The number of ketones is 1. The van der Waals surface area contributed by atoms with E-state index >= 15 is 0 Å². The summed E-state index contributed by atoms with van der Waals surface area (Å²) in [6, 6.07) is 3.01. The van der Waals surface area contributed by atoms with Gasteiger partial charge in [-0.1, -0.05) is 0 Å². The second-order valence-electron chi connectivity index (χ2n) is 3.13. The average Bonchev–Trinajstić information content (AvgIpc) is 2.28. The largest absolute Gasteiger partial charge is 0.507 e. The topological polar surface area (TPSA) is 107 Å². The van der Waals surface area contributed by atoms with Crippen LogP contribution < -0.4 is 0 Å². The molecule has 1 N–H and O–H groups in total. The van der Waals surface area contributed by atoms with E-state index < -0.39 is 28.8 Å². The lowest BCUT2D eigenvalue weighted by Gasteiger charge is -2.02. The van der Waals surface area contributed by atoms with Crippen LogP contribution >= 0.6 is 0 Å². The lowest BCUT2D eigenvalue weighted by molar-refractivity contribution is -0.384. The number of nitro groups is 1. The van der Waals surface area contributed by atoms with Gasteiger partial charge in [0.25, 0.3) is 5.69 Å². The van der Waals surface area contributed by atoms with E-state index in [2.05, 4.69) is 4.74 Å². The molecule has 1 rings (SSSR count). The number of ether oxygens (including phenoxy) is 1. The van der Waals surface area contributed by atoms with Crippen molar-refractivity contribution in [1.82, 2.24) is 0 Å². The predicted octanol–water partition coefficient (Wildman–Crippen LogP) is 1.05. The average molecular weight is 239 g/mol. The van der Waals surface area contributed by atoms with Crippen LogP contribution in [0.4, 0.5) is 5.69 Å². The maximum Gasteiger partial charge on any atom is 0.313 e. The molecule has 0 aliphatic heterocycles. The third-order valence-electron chi connectivity index (χ3n) is 2.02. The fourth-order valence-corrected chi connectivity index (χ4v) is 1.16. The number of nitrogens with zero attached hydrogens (tertiary/aromatic N) is 1. The Labute approximate surface area is 95.8 Å². The number of Topliss-reactive ketones (excluding diaryl/α,β-unsaturated/α-hetero) is 1. The third-order valence-corrected chi connectivity index (χ3v) is 2.02. The molecule has 1 aromatic carbocycles. The number of hydrogen-bond donors (Lipinski definition) is 1. The van der Waals surface area contributed by atoms with E-state index in [0.717, 1.165) is 25.3 Å². The lowest BCUT2D eigenvalue weighted by Crippen LogP contribution is -2.10. The molecule has 0 amide bonds. The first-order valence-electron chi connectivity index (χ1n) is 4.53. The summed E-state index contributed by atoms with van der Waals surface area (Å²) in [4.78, 5) is 32.2. The molecule has 0 bridgehead atoms. The van der Waals surface area contributed by atoms with E-state index in [0.29, 0.717) is 0 Å². The molecule has 0 unspecified atom stereocenters. The smallest absolute Gasteiger partial charge is 0.313 e.